The van der Waals surface area contributed by atoms with Crippen LogP contribution in [0.25, 0.3) is 0 Å². The number of aliphatic hydroxyl groups is 1. The predicted molar refractivity (Wildman–Crippen MR) is 161 cm³/mol. The van der Waals surface area contributed by atoms with Crippen LogP contribution >= 0.6 is 0 Å². The van der Waals surface area contributed by atoms with Gasteiger partial charge in [0.15, 0.2) is 0 Å². The molecule has 0 radical (unpaired) electrons. The van der Waals surface area contributed by atoms with Gasteiger partial charge in [0, 0.05) is 5.41 Å². The van der Waals surface area contributed by atoms with Gasteiger partial charge in [0.05, 0.1) is 5.60 Å². The molecular weight excluding hydrogens is 436 g/mol. The fourth-order valence-corrected chi connectivity index (χ4v) is 4.47. The number of aryl methyl sites for hydroxylation is 1. The number of hydrogen-bond acceptors (Lipinski definition) is 1. The maximum atomic E-state index is 9.63. The molecule has 0 saturated carbocycles. The SMILES string of the molecule is C/C=C\C(C)(C)C(C)(C)O.C=C/C=C(\C=C)CCCC1(C)CC(CCCc2ccccc2)=CC=C1C. The van der Waals surface area contributed by atoms with Crippen LogP contribution in [0.1, 0.15) is 92.6 Å². The molecule has 1 aromatic rings. The number of hydrogen-bond donors (Lipinski definition) is 1. The summed E-state index contributed by atoms with van der Waals surface area (Å²) in [5, 5.41) is 9.63. The molecule has 1 unspecified atom stereocenters. The molecule has 1 heteroatoms. The minimum absolute atomic E-state index is 0.137. The van der Waals surface area contributed by atoms with Crippen molar-refractivity contribution in [1.82, 2.24) is 0 Å². The standard InChI is InChI=1S/C26H34.C9H18O/c1-5-12-23(6-2)17-11-20-26(4)21-25(19-18-22(26)3)16-10-15-24-13-8-7-9-14-24;1-6-7-8(2,3)9(4,5)10/h5-9,12-14,18-19H,1-2,10-11,15-17,20-21H2,3-4H3;6-7,10H,1-5H3/b23-12+;7-6-. The zero-order valence-corrected chi connectivity index (χ0v) is 24.2. The lowest BCUT2D eigenvalue weighted by atomic mass is 9.70. The molecule has 1 aliphatic carbocycles. The average molecular weight is 489 g/mol. The van der Waals surface area contributed by atoms with E-state index in [4.69, 9.17) is 0 Å². The molecule has 2 rings (SSSR count). The maximum Gasteiger partial charge on any atom is 0.0676 e. The summed E-state index contributed by atoms with van der Waals surface area (Å²) in [5.41, 5.74) is 5.40. The van der Waals surface area contributed by atoms with Gasteiger partial charge in [0.2, 0.25) is 0 Å². The normalized spacial score (nSPS) is 18.7. The largest absolute Gasteiger partial charge is 0.390 e. The zero-order chi connectivity index (χ0) is 27.2. The van der Waals surface area contributed by atoms with Crippen LogP contribution in [-0.2, 0) is 6.42 Å². The smallest absolute Gasteiger partial charge is 0.0676 e. The molecule has 198 valence electrons. The van der Waals surface area contributed by atoms with Gasteiger partial charge >= 0.3 is 0 Å². The van der Waals surface area contributed by atoms with E-state index in [0.29, 0.717) is 5.41 Å². The fourth-order valence-electron chi connectivity index (χ4n) is 4.47. The van der Waals surface area contributed by atoms with Gasteiger partial charge in [-0.15, -0.1) is 0 Å². The second-order valence-corrected chi connectivity index (χ2v) is 11.6. The third-order valence-corrected chi connectivity index (χ3v) is 7.89. The second kappa shape index (κ2) is 15.0. The summed E-state index contributed by atoms with van der Waals surface area (Å²) < 4.78 is 0. The lowest BCUT2D eigenvalue weighted by Crippen LogP contribution is -2.37. The molecule has 1 atom stereocenters. The first-order valence-corrected chi connectivity index (χ1v) is 13.6. The quantitative estimate of drug-likeness (QED) is 0.229. The molecule has 0 spiro atoms. The lowest BCUT2D eigenvalue weighted by Gasteiger charge is -2.35. The van der Waals surface area contributed by atoms with Gasteiger partial charge in [-0.25, -0.2) is 0 Å². The van der Waals surface area contributed by atoms with Crippen LogP contribution in [0.3, 0.4) is 0 Å². The van der Waals surface area contributed by atoms with Gasteiger partial charge in [-0.2, -0.15) is 0 Å². The van der Waals surface area contributed by atoms with Crippen LogP contribution in [-0.4, -0.2) is 10.7 Å². The summed E-state index contributed by atoms with van der Waals surface area (Å²) >= 11 is 0. The van der Waals surface area contributed by atoms with E-state index in [1.54, 1.807) is 5.57 Å². The Labute approximate surface area is 223 Å². The molecule has 0 saturated heterocycles. The Bertz CT molecular complexity index is 931. The minimum Gasteiger partial charge on any atom is -0.390 e. The first kappa shape index (κ1) is 31.6. The third-order valence-electron chi connectivity index (χ3n) is 7.89. The first-order chi connectivity index (χ1) is 16.9. The molecule has 1 nitrogen and oxygen atoms in total. The van der Waals surface area contributed by atoms with Gasteiger partial charge in [0.25, 0.3) is 0 Å². The van der Waals surface area contributed by atoms with Crippen molar-refractivity contribution in [3.8, 4) is 0 Å². The third kappa shape index (κ3) is 10.7. The Morgan fingerprint density at radius 3 is 2.22 bits per heavy atom. The average Bonchev–Trinajstić information content (AvgIpc) is 2.81. The summed E-state index contributed by atoms with van der Waals surface area (Å²) in [6.07, 6.45) is 23.0. The van der Waals surface area contributed by atoms with Crippen LogP contribution in [0.5, 0.6) is 0 Å². The molecule has 0 aromatic heterocycles. The van der Waals surface area contributed by atoms with Crippen molar-refractivity contribution >= 4 is 0 Å². The molecule has 0 aliphatic heterocycles. The molecule has 36 heavy (non-hydrogen) atoms. The summed E-state index contributed by atoms with van der Waals surface area (Å²) in [5.74, 6) is 0. The monoisotopic (exact) mass is 488 g/mol. The van der Waals surface area contributed by atoms with E-state index in [1.807, 2.05) is 58.9 Å². The molecule has 1 aliphatic rings. The van der Waals surface area contributed by atoms with Gasteiger partial charge in [-0.05, 0) is 89.2 Å². The predicted octanol–water partition coefficient (Wildman–Crippen LogP) is 10.1. The maximum absolute atomic E-state index is 9.63. The highest BCUT2D eigenvalue weighted by Crippen LogP contribution is 2.43. The van der Waals surface area contributed by atoms with E-state index in [9.17, 15) is 5.11 Å². The van der Waals surface area contributed by atoms with Crippen molar-refractivity contribution in [3.63, 3.8) is 0 Å². The van der Waals surface area contributed by atoms with E-state index >= 15 is 0 Å². The van der Waals surface area contributed by atoms with Crippen LogP contribution in [0.15, 0.2) is 103 Å². The zero-order valence-electron chi connectivity index (χ0n) is 24.2. The highest BCUT2D eigenvalue weighted by molar-refractivity contribution is 5.30. The van der Waals surface area contributed by atoms with Crippen LogP contribution in [0.4, 0.5) is 0 Å². The summed E-state index contributed by atoms with van der Waals surface area (Å²) in [6.45, 7) is 22.1. The van der Waals surface area contributed by atoms with E-state index < -0.39 is 5.60 Å². The summed E-state index contributed by atoms with van der Waals surface area (Å²) in [4.78, 5) is 0. The van der Waals surface area contributed by atoms with Gasteiger partial charge in [-0.3, -0.25) is 0 Å². The molecule has 0 heterocycles. The number of rotatable bonds is 12. The Morgan fingerprint density at radius 2 is 1.69 bits per heavy atom. The molecule has 0 amide bonds. The molecule has 1 aromatic carbocycles. The molecule has 0 fully saturated rings. The van der Waals surface area contributed by atoms with Crippen molar-refractivity contribution < 1.29 is 5.11 Å². The van der Waals surface area contributed by atoms with Gasteiger partial charge < -0.3 is 5.11 Å². The Kier molecular flexibility index (Phi) is 13.2. The Balaban J connectivity index is 0.000000548. The lowest BCUT2D eigenvalue weighted by molar-refractivity contribution is -0.00744. The highest BCUT2D eigenvalue weighted by Gasteiger charge is 2.32. The molecular formula is C35H52O. The fraction of sp³-hybridized carbons (Fsp3) is 0.486. The second-order valence-electron chi connectivity index (χ2n) is 11.6. The first-order valence-electron chi connectivity index (χ1n) is 13.6. The van der Waals surface area contributed by atoms with E-state index in [-0.39, 0.29) is 5.41 Å². The van der Waals surface area contributed by atoms with Crippen LogP contribution in [0, 0.1) is 10.8 Å². The Morgan fingerprint density at radius 1 is 1.03 bits per heavy atom. The number of benzene rings is 1. The van der Waals surface area contributed by atoms with Crippen molar-refractivity contribution in [1.29, 1.82) is 0 Å². The van der Waals surface area contributed by atoms with Crippen LogP contribution in [0.2, 0.25) is 0 Å². The number of allylic oxidation sites excluding steroid dienone is 9. The highest BCUT2D eigenvalue weighted by atomic mass is 16.3. The van der Waals surface area contributed by atoms with Crippen molar-refractivity contribution in [2.24, 2.45) is 10.8 Å². The summed E-state index contributed by atoms with van der Waals surface area (Å²) in [7, 11) is 0. The van der Waals surface area contributed by atoms with Gasteiger partial charge in [-0.1, -0.05) is 118 Å². The van der Waals surface area contributed by atoms with Gasteiger partial charge in [0.1, 0.15) is 0 Å². The molecule has 0 bridgehead atoms. The Hall–Kier alpha value is -2.38. The van der Waals surface area contributed by atoms with Crippen molar-refractivity contribution in [2.45, 2.75) is 99.0 Å². The molecule has 1 N–H and O–H groups in total. The summed E-state index contributed by atoms with van der Waals surface area (Å²) in [6, 6.07) is 10.8. The van der Waals surface area contributed by atoms with E-state index in [1.165, 1.54) is 55.2 Å². The van der Waals surface area contributed by atoms with E-state index in [2.05, 4.69) is 75.6 Å². The van der Waals surface area contributed by atoms with Crippen molar-refractivity contribution in [3.05, 3.63) is 108 Å². The van der Waals surface area contributed by atoms with Crippen molar-refractivity contribution in [2.75, 3.05) is 0 Å². The minimum atomic E-state index is -0.639. The van der Waals surface area contributed by atoms with E-state index in [0.717, 1.165) is 6.42 Å². The topological polar surface area (TPSA) is 20.2 Å². The van der Waals surface area contributed by atoms with Crippen LogP contribution < -0.4 is 0 Å².